The molecule has 0 aliphatic carbocycles. The zero-order valence-corrected chi connectivity index (χ0v) is 8.04. The van der Waals surface area contributed by atoms with E-state index in [9.17, 15) is 4.39 Å². The van der Waals surface area contributed by atoms with Crippen LogP contribution in [0.4, 0.5) is 4.39 Å². The summed E-state index contributed by atoms with van der Waals surface area (Å²) in [5.41, 5.74) is 7.00. The summed E-state index contributed by atoms with van der Waals surface area (Å²) in [5, 5.41) is 3.23. The SMILES string of the molecule is N[C@H]1CNCC[C@@H]1c1cccc(F)c1. The third kappa shape index (κ3) is 1.94. The molecule has 3 N–H and O–H groups in total. The van der Waals surface area contributed by atoms with Crippen molar-refractivity contribution in [1.82, 2.24) is 5.32 Å². The maximum Gasteiger partial charge on any atom is 0.123 e. The summed E-state index contributed by atoms with van der Waals surface area (Å²) in [6, 6.07) is 6.87. The van der Waals surface area contributed by atoms with E-state index in [-0.39, 0.29) is 11.9 Å². The molecule has 14 heavy (non-hydrogen) atoms. The van der Waals surface area contributed by atoms with Crippen molar-refractivity contribution in [1.29, 1.82) is 0 Å². The molecule has 76 valence electrons. The summed E-state index contributed by atoms with van der Waals surface area (Å²) in [6.07, 6.45) is 0.991. The van der Waals surface area contributed by atoms with Gasteiger partial charge in [-0.2, -0.15) is 0 Å². The van der Waals surface area contributed by atoms with Gasteiger partial charge in [-0.25, -0.2) is 4.39 Å². The Kier molecular flexibility index (Phi) is 2.79. The van der Waals surface area contributed by atoms with Gasteiger partial charge in [-0.3, -0.25) is 0 Å². The van der Waals surface area contributed by atoms with Crippen LogP contribution < -0.4 is 11.1 Å². The highest BCUT2D eigenvalue weighted by Crippen LogP contribution is 2.24. The second kappa shape index (κ2) is 4.07. The number of halogens is 1. The fraction of sp³-hybridized carbons (Fsp3) is 0.455. The van der Waals surface area contributed by atoms with Crippen molar-refractivity contribution in [3.8, 4) is 0 Å². The van der Waals surface area contributed by atoms with Crippen molar-refractivity contribution >= 4 is 0 Å². The van der Waals surface area contributed by atoms with Crippen LogP contribution in [0.2, 0.25) is 0 Å². The van der Waals surface area contributed by atoms with E-state index in [0.717, 1.165) is 25.1 Å². The molecule has 1 aromatic carbocycles. The summed E-state index contributed by atoms with van der Waals surface area (Å²) < 4.78 is 13.0. The van der Waals surface area contributed by atoms with Crippen LogP contribution in [0.15, 0.2) is 24.3 Å². The molecule has 0 aromatic heterocycles. The van der Waals surface area contributed by atoms with Gasteiger partial charge in [0.15, 0.2) is 0 Å². The second-order valence-corrected chi connectivity index (χ2v) is 3.82. The number of nitrogens with two attached hydrogens (primary N) is 1. The van der Waals surface area contributed by atoms with Crippen LogP contribution in [-0.4, -0.2) is 19.1 Å². The molecule has 0 saturated carbocycles. The predicted octanol–water partition coefficient (Wildman–Crippen LogP) is 1.23. The van der Waals surface area contributed by atoms with Gasteiger partial charge in [0.25, 0.3) is 0 Å². The van der Waals surface area contributed by atoms with Crippen molar-refractivity contribution in [2.45, 2.75) is 18.4 Å². The van der Waals surface area contributed by atoms with Gasteiger partial charge in [0.1, 0.15) is 5.82 Å². The van der Waals surface area contributed by atoms with E-state index in [1.54, 1.807) is 12.1 Å². The highest BCUT2D eigenvalue weighted by molar-refractivity contribution is 5.23. The Morgan fingerprint density at radius 1 is 1.43 bits per heavy atom. The molecule has 3 heteroatoms. The third-order valence-electron chi connectivity index (χ3n) is 2.81. The van der Waals surface area contributed by atoms with Gasteiger partial charge >= 0.3 is 0 Å². The molecule has 0 amide bonds. The van der Waals surface area contributed by atoms with Gasteiger partial charge in [0.2, 0.25) is 0 Å². The monoisotopic (exact) mass is 194 g/mol. The highest BCUT2D eigenvalue weighted by Gasteiger charge is 2.22. The summed E-state index contributed by atoms with van der Waals surface area (Å²) in [4.78, 5) is 0. The number of piperidine rings is 1. The van der Waals surface area contributed by atoms with Crippen molar-refractivity contribution in [2.75, 3.05) is 13.1 Å². The molecular weight excluding hydrogens is 179 g/mol. The molecule has 1 heterocycles. The molecule has 2 atom stereocenters. The maximum absolute atomic E-state index is 13.0. The normalized spacial score (nSPS) is 27.6. The van der Waals surface area contributed by atoms with Gasteiger partial charge < -0.3 is 11.1 Å². The van der Waals surface area contributed by atoms with Crippen LogP contribution in [0.1, 0.15) is 17.9 Å². The predicted molar refractivity (Wildman–Crippen MR) is 54.6 cm³/mol. The van der Waals surface area contributed by atoms with E-state index < -0.39 is 0 Å². The summed E-state index contributed by atoms with van der Waals surface area (Å²) in [5.74, 6) is 0.125. The van der Waals surface area contributed by atoms with Crippen LogP contribution in [-0.2, 0) is 0 Å². The minimum absolute atomic E-state index is 0.102. The molecule has 1 aromatic rings. The van der Waals surface area contributed by atoms with E-state index >= 15 is 0 Å². The van der Waals surface area contributed by atoms with Crippen LogP contribution >= 0.6 is 0 Å². The first-order valence-corrected chi connectivity index (χ1v) is 4.99. The molecule has 0 unspecified atom stereocenters. The molecule has 0 radical (unpaired) electrons. The second-order valence-electron chi connectivity index (χ2n) is 3.82. The Labute approximate surface area is 83.3 Å². The summed E-state index contributed by atoms with van der Waals surface area (Å²) in [6.45, 7) is 1.79. The van der Waals surface area contributed by atoms with Gasteiger partial charge in [0.05, 0.1) is 0 Å². The first-order valence-electron chi connectivity index (χ1n) is 4.99. The molecule has 1 saturated heterocycles. The van der Waals surface area contributed by atoms with Gasteiger partial charge in [-0.1, -0.05) is 12.1 Å². The fourth-order valence-corrected chi connectivity index (χ4v) is 2.03. The average molecular weight is 194 g/mol. The first-order chi connectivity index (χ1) is 6.77. The van der Waals surface area contributed by atoms with E-state index in [1.807, 2.05) is 6.07 Å². The summed E-state index contributed by atoms with van der Waals surface area (Å²) in [7, 11) is 0. The number of rotatable bonds is 1. The molecule has 1 aliphatic rings. The molecule has 2 nitrogen and oxygen atoms in total. The maximum atomic E-state index is 13.0. The van der Waals surface area contributed by atoms with Gasteiger partial charge in [0, 0.05) is 18.5 Å². The van der Waals surface area contributed by atoms with E-state index in [0.29, 0.717) is 5.92 Å². The smallest absolute Gasteiger partial charge is 0.123 e. The number of benzene rings is 1. The zero-order chi connectivity index (χ0) is 9.97. The fourth-order valence-electron chi connectivity index (χ4n) is 2.03. The molecule has 2 rings (SSSR count). The lowest BCUT2D eigenvalue weighted by Gasteiger charge is -2.29. The van der Waals surface area contributed by atoms with Gasteiger partial charge in [-0.15, -0.1) is 0 Å². The van der Waals surface area contributed by atoms with E-state index in [2.05, 4.69) is 5.32 Å². The Morgan fingerprint density at radius 2 is 2.29 bits per heavy atom. The molecule has 0 bridgehead atoms. The third-order valence-corrected chi connectivity index (χ3v) is 2.81. The minimum atomic E-state index is -0.173. The van der Waals surface area contributed by atoms with Crippen LogP contribution in [0, 0.1) is 5.82 Å². The quantitative estimate of drug-likeness (QED) is 0.705. The largest absolute Gasteiger partial charge is 0.326 e. The zero-order valence-electron chi connectivity index (χ0n) is 8.04. The van der Waals surface area contributed by atoms with Crippen molar-refractivity contribution in [3.63, 3.8) is 0 Å². The van der Waals surface area contributed by atoms with Crippen LogP contribution in [0.25, 0.3) is 0 Å². The van der Waals surface area contributed by atoms with E-state index in [1.165, 1.54) is 6.07 Å². The Balaban J connectivity index is 2.20. The number of hydrogen-bond acceptors (Lipinski definition) is 2. The lowest BCUT2D eigenvalue weighted by Crippen LogP contribution is -2.44. The number of nitrogens with one attached hydrogen (secondary N) is 1. The minimum Gasteiger partial charge on any atom is -0.326 e. The van der Waals surface area contributed by atoms with E-state index in [4.69, 9.17) is 5.73 Å². The number of hydrogen-bond donors (Lipinski definition) is 2. The standard InChI is InChI=1S/C11H15FN2/c12-9-3-1-2-8(6-9)10-4-5-14-7-11(10)13/h1-3,6,10-11,14H,4-5,7,13H2/t10-,11+/m1/s1. The summed E-state index contributed by atoms with van der Waals surface area (Å²) >= 11 is 0. The topological polar surface area (TPSA) is 38.0 Å². The Bertz CT molecular complexity index is 314. The lowest BCUT2D eigenvalue weighted by molar-refractivity contribution is 0.402. The Hall–Kier alpha value is -0.930. The molecular formula is C11H15FN2. The average Bonchev–Trinajstić information content (AvgIpc) is 2.18. The first kappa shape index (κ1) is 9.62. The van der Waals surface area contributed by atoms with Crippen LogP contribution in [0.5, 0.6) is 0 Å². The molecule has 0 spiro atoms. The molecule has 1 fully saturated rings. The highest BCUT2D eigenvalue weighted by atomic mass is 19.1. The van der Waals surface area contributed by atoms with Crippen molar-refractivity contribution in [3.05, 3.63) is 35.6 Å². The van der Waals surface area contributed by atoms with Gasteiger partial charge in [-0.05, 0) is 30.7 Å². The van der Waals surface area contributed by atoms with Crippen molar-refractivity contribution in [2.24, 2.45) is 5.73 Å². The molecule has 1 aliphatic heterocycles. The van der Waals surface area contributed by atoms with Crippen LogP contribution in [0.3, 0.4) is 0 Å². The Morgan fingerprint density at radius 3 is 3.00 bits per heavy atom. The lowest BCUT2D eigenvalue weighted by atomic mass is 9.87. The van der Waals surface area contributed by atoms with Crippen molar-refractivity contribution < 1.29 is 4.39 Å².